The first-order valence-electron chi connectivity index (χ1n) is 10.0. The second kappa shape index (κ2) is 9.82. The van der Waals surface area contributed by atoms with Crippen molar-refractivity contribution in [3.63, 3.8) is 0 Å². The normalized spacial score (nSPS) is 10.5. The fraction of sp³-hybridized carbons (Fsp3) is 0.0741. The number of aryl methyl sites for hydroxylation is 1. The topological polar surface area (TPSA) is 53.8 Å². The summed E-state index contributed by atoms with van der Waals surface area (Å²) in [5.41, 5.74) is 5.60. The molecule has 0 atom stereocenters. The summed E-state index contributed by atoms with van der Waals surface area (Å²) in [4.78, 5) is 17.4. The van der Waals surface area contributed by atoms with E-state index in [4.69, 9.17) is 16.6 Å². The highest BCUT2D eigenvalue weighted by atomic mass is 35.5. The molecule has 5 heteroatoms. The van der Waals surface area contributed by atoms with Crippen LogP contribution >= 0.6 is 23.4 Å². The van der Waals surface area contributed by atoms with Crippen molar-refractivity contribution in [1.82, 2.24) is 4.98 Å². The fourth-order valence-corrected chi connectivity index (χ4v) is 4.33. The third-order valence-electron chi connectivity index (χ3n) is 5.04. The van der Waals surface area contributed by atoms with Gasteiger partial charge in [-0.05, 0) is 30.7 Å². The van der Waals surface area contributed by atoms with Gasteiger partial charge in [-0.25, -0.2) is 4.98 Å². The van der Waals surface area contributed by atoms with Crippen molar-refractivity contribution in [3.8, 4) is 28.5 Å². The Balaban J connectivity index is 1.78. The third kappa shape index (κ3) is 4.91. The van der Waals surface area contributed by atoms with Crippen LogP contribution in [0.4, 0.5) is 0 Å². The number of nitrogens with zero attached hydrogens (tertiary/aromatic N) is 2. The average molecular weight is 455 g/mol. The molecule has 0 aliphatic carbocycles. The van der Waals surface area contributed by atoms with Gasteiger partial charge in [0.05, 0.1) is 17.0 Å². The molecule has 3 aromatic carbocycles. The fourth-order valence-electron chi connectivity index (χ4n) is 3.30. The second-order valence-electron chi connectivity index (χ2n) is 7.30. The predicted molar refractivity (Wildman–Crippen MR) is 131 cm³/mol. The molecule has 0 saturated carbocycles. The zero-order chi connectivity index (χ0) is 22.5. The predicted octanol–water partition coefficient (Wildman–Crippen LogP) is 7.22. The molecule has 4 rings (SSSR count). The van der Waals surface area contributed by atoms with Gasteiger partial charge >= 0.3 is 0 Å². The molecule has 1 heterocycles. The van der Waals surface area contributed by atoms with E-state index >= 15 is 0 Å². The summed E-state index contributed by atoms with van der Waals surface area (Å²) in [6.07, 6.45) is 0. The van der Waals surface area contributed by atoms with Crippen molar-refractivity contribution in [2.24, 2.45) is 0 Å². The van der Waals surface area contributed by atoms with Crippen molar-refractivity contribution in [1.29, 1.82) is 5.26 Å². The molecule has 0 saturated heterocycles. The van der Waals surface area contributed by atoms with Gasteiger partial charge in [-0.1, -0.05) is 95.7 Å². The highest BCUT2D eigenvalue weighted by molar-refractivity contribution is 8.00. The van der Waals surface area contributed by atoms with Gasteiger partial charge < -0.3 is 0 Å². The number of pyridine rings is 1. The highest BCUT2D eigenvalue weighted by Gasteiger charge is 2.17. The van der Waals surface area contributed by atoms with E-state index in [1.165, 1.54) is 11.8 Å². The molecule has 0 aliphatic rings. The van der Waals surface area contributed by atoms with Gasteiger partial charge in [0.2, 0.25) is 0 Å². The summed E-state index contributed by atoms with van der Waals surface area (Å²) in [6, 6.07) is 28.8. The molecule has 0 spiro atoms. The number of thioether (sulfide) groups is 1. The van der Waals surface area contributed by atoms with Crippen LogP contribution in [-0.2, 0) is 0 Å². The number of aromatic nitrogens is 1. The van der Waals surface area contributed by atoms with Gasteiger partial charge in [-0.3, -0.25) is 4.79 Å². The van der Waals surface area contributed by atoms with Gasteiger partial charge in [0.1, 0.15) is 11.1 Å². The number of halogens is 1. The zero-order valence-corrected chi connectivity index (χ0v) is 19.0. The number of carbonyl (C=O) groups excluding carboxylic acids is 1. The Hall–Kier alpha value is -3.39. The lowest BCUT2D eigenvalue weighted by molar-refractivity contribution is 0.102. The number of Topliss-reactive ketones (excluding diaryl/α,β-unsaturated/α-hetero) is 1. The molecule has 0 fully saturated rings. The van der Waals surface area contributed by atoms with Crippen LogP contribution in [0.1, 0.15) is 21.5 Å². The van der Waals surface area contributed by atoms with Crippen molar-refractivity contribution in [2.45, 2.75) is 11.9 Å². The summed E-state index contributed by atoms with van der Waals surface area (Å²) >= 11 is 7.36. The van der Waals surface area contributed by atoms with Gasteiger partial charge in [-0.2, -0.15) is 5.26 Å². The maximum atomic E-state index is 12.7. The number of benzene rings is 3. The quantitative estimate of drug-likeness (QED) is 0.228. The van der Waals surface area contributed by atoms with E-state index in [1.807, 2.05) is 67.6 Å². The van der Waals surface area contributed by atoms with Crippen LogP contribution in [0.2, 0.25) is 5.02 Å². The van der Waals surface area contributed by atoms with E-state index in [0.717, 1.165) is 27.9 Å². The molecule has 156 valence electrons. The standard InChI is InChI=1S/C27H19ClN2OS/c1-18-7-9-20(10-8-18)25-15-23(19-11-13-22(28)14-12-19)24(16-29)27(30-25)32-17-26(31)21-5-3-2-4-6-21/h2-15H,17H2,1H3. The van der Waals surface area contributed by atoms with Gasteiger partial charge in [0, 0.05) is 21.7 Å². The van der Waals surface area contributed by atoms with Gasteiger partial charge in [0.15, 0.2) is 5.78 Å². The lowest BCUT2D eigenvalue weighted by Crippen LogP contribution is -2.04. The van der Waals surface area contributed by atoms with Crippen LogP contribution in [0.5, 0.6) is 0 Å². The van der Waals surface area contributed by atoms with E-state index in [2.05, 4.69) is 6.07 Å². The molecule has 0 radical (unpaired) electrons. The van der Waals surface area contributed by atoms with Crippen LogP contribution < -0.4 is 0 Å². The van der Waals surface area contributed by atoms with Crippen LogP contribution in [0.3, 0.4) is 0 Å². The molecule has 4 aromatic rings. The Morgan fingerprint density at radius 3 is 2.28 bits per heavy atom. The summed E-state index contributed by atoms with van der Waals surface area (Å²) in [6.45, 7) is 2.03. The average Bonchev–Trinajstić information content (AvgIpc) is 2.83. The van der Waals surface area contributed by atoms with Gasteiger partial charge in [-0.15, -0.1) is 0 Å². The third-order valence-corrected chi connectivity index (χ3v) is 6.26. The Labute approximate surface area is 196 Å². The Morgan fingerprint density at radius 1 is 0.969 bits per heavy atom. The molecule has 32 heavy (non-hydrogen) atoms. The molecule has 0 N–H and O–H groups in total. The van der Waals surface area contributed by atoms with Crippen LogP contribution in [0.25, 0.3) is 22.4 Å². The number of nitriles is 1. The monoisotopic (exact) mass is 454 g/mol. The summed E-state index contributed by atoms with van der Waals surface area (Å²) in [5.74, 6) is 0.193. The minimum absolute atomic E-state index is 0.00456. The van der Waals surface area contributed by atoms with Crippen molar-refractivity contribution < 1.29 is 4.79 Å². The highest BCUT2D eigenvalue weighted by Crippen LogP contribution is 2.35. The first-order valence-corrected chi connectivity index (χ1v) is 11.4. The summed E-state index contributed by atoms with van der Waals surface area (Å²) in [7, 11) is 0. The van der Waals surface area contributed by atoms with Crippen LogP contribution in [0.15, 0.2) is 90.0 Å². The lowest BCUT2D eigenvalue weighted by atomic mass is 9.99. The molecule has 1 aromatic heterocycles. The lowest BCUT2D eigenvalue weighted by Gasteiger charge is -2.13. The Bertz CT molecular complexity index is 1290. The van der Waals surface area contributed by atoms with Gasteiger partial charge in [0.25, 0.3) is 0 Å². The van der Waals surface area contributed by atoms with E-state index in [9.17, 15) is 10.1 Å². The van der Waals surface area contributed by atoms with Crippen LogP contribution in [-0.4, -0.2) is 16.5 Å². The molecular weight excluding hydrogens is 436 g/mol. The maximum Gasteiger partial charge on any atom is 0.173 e. The smallest absolute Gasteiger partial charge is 0.173 e. The van der Waals surface area contributed by atoms with E-state index in [1.54, 1.807) is 24.3 Å². The molecule has 0 bridgehead atoms. The van der Waals surface area contributed by atoms with Crippen molar-refractivity contribution >= 4 is 29.1 Å². The maximum absolute atomic E-state index is 12.7. The number of hydrogen-bond acceptors (Lipinski definition) is 4. The molecular formula is C27H19ClN2OS. The van der Waals surface area contributed by atoms with E-state index in [0.29, 0.717) is 21.2 Å². The number of carbonyl (C=O) groups is 1. The van der Waals surface area contributed by atoms with Crippen LogP contribution in [0, 0.1) is 18.3 Å². The first kappa shape index (κ1) is 21.8. The Kier molecular flexibility index (Phi) is 6.70. The summed E-state index contributed by atoms with van der Waals surface area (Å²) in [5, 5.41) is 11.2. The molecule has 0 unspecified atom stereocenters. The second-order valence-corrected chi connectivity index (χ2v) is 8.70. The number of rotatable bonds is 6. The van der Waals surface area contributed by atoms with E-state index in [-0.39, 0.29) is 11.5 Å². The summed E-state index contributed by atoms with van der Waals surface area (Å²) < 4.78 is 0. The Morgan fingerprint density at radius 2 is 1.62 bits per heavy atom. The minimum atomic E-state index is -0.00456. The zero-order valence-electron chi connectivity index (χ0n) is 17.4. The SMILES string of the molecule is Cc1ccc(-c2cc(-c3ccc(Cl)cc3)c(C#N)c(SCC(=O)c3ccccc3)n2)cc1. The number of ketones is 1. The largest absolute Gasteiger partial charge is 0.293 e. The number of hydrogen-bond donors (Lipinski definition) is 0. The minimum Gasteiger partial charge on any atom is -0.293 e. The molecule has 0 amide bonds. The van der Waals surface area contributed by atoms with Crippen molar-refractivity contribution in [2.75, 3.05) is 5.75 Å². The molecule has 0 aliphatic heterocycles. The first-order chi connectivity index (χ1) is 15.5. The molecule has 3 nitrogen and oxygen atoms in total. The van der Waals surface area contributed by atoms with E-state index < -0.39 is 0 Å². The van der Waals surface area contributed by atoms with Crippen molar-refractivity contribution in [3.05, 3.63) is 107 Å².